The Kier molecular flexibility index (Phi) is 6.34. The average Bonchev–Trinajstić information content (AvgIpc) is 2.22. The first kappa shape index (κ1) is 14.8. The summed E-state index contributed by atoms with van der Waals surface area (Å²) in [6.45, 7) is 4.13. The number of ether oxygens (including phenoxy) is 1. The number of hydrogen-bond donors (Lipinski definition) is 1. The molecule has 0 radical (unpaired) electrons. The van der Waals surface area contributed by atoms with E-state index in [0.29, 0.717) is 24.2 Å². The van der Waals surface area contributed by atoms with E-state index in [9.17, 15) is 13.9 Å². The lowest BCUT2D eigenvalue weighted by atomic mass is 9.74. The normalized spacial score (nSPS) is 31.8. The van der Waals surface area contributed by atoms with Crippen LogP contribution >= 0.6 is 0 Å². The van der Waals surface area contributed by atoms with Crippen molar-refractivity contribution < 1.29 is 18.6 Å². The summed E-state index contributed by atoms with van der Waals surface area (Å²) in [4.78, 5) is 0. The molecule has 0 aliphatic heterocycles. The average molecular weight is 250 g/mol. The van der Waals surface area contributed by atoms with Gasteiger partial charge < -0.3 is 9.84 Å². The SMILES string of the molecule is CC1CC(C)CC(C(O)CCOCC(F)F)C1. The maximum absolute atomic E-state index is 11.8. The molecule has 1 aliphatic rings. The second kappa shape index (κ2) is 7.27. The van der Waals surface area contributed by atoms with Crippen LogP contribution in [0.3, 0.4) is 0 Å². The Balaban J connectivity index is 2.20. The number of hydrogen-bond acceptors (Lipinski definition) is 2. The molecule has 0 aromatic rings. The molecule has 1 saturated carbocycles. The summed E-state index contributed by atoms with van der Waals surface area (Å²) >= 11 is 0. The molecule has 4 heteroatoms. The highest BCUT2D eigenvalue weighted by atomic mass is 19.3. The van der Waals surface area contributed by atoms with Gasteiger partial charge in [0.2, 0.25) is 0 Å². The van der Waals surface area contributed by atoms with Gasteiger partial charge in [-0.15, -0.1) is 0 Å². The van der Waals surface area contributed by atoms with E-state index in [0.717, 1.165) is 12.8 Å². The standard InChI is InChI=1S/C13H24F2O2/c1-9-5-10(2)7-11(6-9)12(16)3-4-17-8-13(14)15/h9-13,16H,3-8H2,1-2H3. The Labute approximate surface area is 102 Å². The zero-order chi connectivity index (χ0) is 12.8. The lowest BCUT2D eigenvalue weighted by Crippen LogP contribution is -2.30. The predicted octanol–water partition coefficient (Wildman–Crippen LogP) is 3.09. The summed E-state index contributed by atoms with van der Waals surface area (Å²) < 4.78 is 28.5. The molecule has 1 aliphatic carbocycles. The molecule has 2 nitrogen and oxygen atoms in total. The highest BCUT2D eigenvalue weighted by Crippen LogP contribution is 2.35. The molecule has 1 rings (SSSR count). The number of aliphatic hydroxyl groups excluding tert-OH is 1. The second-order valence-corrected chi connectivity index (χ2v) is 5.50. The van der Waals surface area contributed by atoms with Crippen LogP contribution in [0.15, 0.2) is 0 Å². The molecule has 0 heterocycles. The van der Waals surface area contributed by atoms with Gasteiger partial charge in [0.15, 0.2) is 0 Å². The molecule has 1 fully saturated rings. The fourth-order valence-electron chi connectivity index (χ4n) is 2.94. The quantitative estimate of drug-likeness (QED) is 0.734. The fraction of sp³-hybridized carbons (Fsp3) is 1.00. The molecular weight excluding hydrogens is 226 g/mol. The van der Waals surface area contributed by atoms with Crippen LogP contribution in [-0.2, 0) is 4.74 Å². The first-order chi connectivity index (χ1) is 7.99. The van der Waals surface area contributed by atoms with Gasteiger partial charge in [0.25, 0.3) is 6.43 Å². The van der Waals surface area contributed by atoms with Gasteiger partial charge in [-0.3, -0.25) is 0 Å². The van der Waals surface area contributed by atoms with Crippen molar-refractivity contribution in [2.75, 3.05) is 13.2 Å². The molecule has 0 spiro atoms. The van der Waals surface area contributed by atoms with Gasteiger partial charge in [0.1, 0.15) is 6.61 Å². The molecule has 1 N–H and O–H groups in total. The number of rotatable bonds is 6. The first-order valence-electron chi connectivity index (χ1n) is 6.53. The summed E-state index contributed by atoms with van der Waals surface area (Å²) in [5, 5.41) is 10.0. The van der Waals surface area contributed by atoms with Crippen LogP contribution in [0.2, 0.25) is 0 Å². The third kappa shape index (κ3) is 5.77. The Hall–Kier alpha value is -0.220. The zero-order valence-electron chi connectivity index (χ0n) is 10.7. The van der Waals surface area contributed by atoms with Crippen molar-refractivity contribution in [2.45, 2.75) is 52.1 Å². The molecule has 0 amide bonds. The highest BCUT2D eigenvalue weighted by molar-refractivity contribution is 4.79. The van der Waals surface area contributed by atoms with Crippen molar-refractivity contribution in [1.29, 1.82) is 0 Å². The molecule has 0 saturated heterocycles. The summed E-state index contributed by atoms with van der Waals surface area (Å²) in [5.74, 6) is 1.62. The number of alkyl halides is 2. The zero-order valence-corrected chi connectivity index (χ0v) is 10.7. The largest absolute Gasteiger partial charge is 0.393 e. The molecule has 3 unspecified atom stereocenters. The van der Waals surface area contributed by atoms with Gasteiger partial charge >= 0.3 is 0 Å². The van der Waals surface area contributed by atoms with E-state index in [1.807, 2.05) is 0 Å². The second-order valence-electron chi connectivity index (χ2n) is 5.50. The van der Waals surface area contributed by atoms with E-state index in [1.165, 1.54) is 6.42 Å². The molecular formula is C13H24F2O2. The van der Waals surface area contributed by atoms with Crippen molar-refractivity contribution in [1.82, 2.24) is 0 Å². The summed E-state index contributed by atoms with van der Waals surface area (Å²) in [6, 6.07) is 0. The van der Waals surface area contributed by atoms with Crippen molar-refractivity contribution >= 4 is 0 Å². The third-order valence-corrected chi connectivity index (χ3v) is 3.56. The monoisotopic (exact) mass is 250 g/mol. The van der Waals surface area contributed by atoms with Gasteiger partial charge in [-0.1, -0.05) is 13.8 Å². The van der Waals surface area contributed by atoms with Crippen molar-refractivity contribution in [3.05, 3.63) is 0 Å². The Morgan fingerprint density at radius 1 is 1.18 bits per heavy atom. The third-order valence-electron chi connectivity index (χ3n) is 3.56. The fourth-order valence-corrected chi connectivity index (χ4v) is 2.94. The highest BCUT2D eigenvalue weighted by Gasteiger charge is 2.28. The van der Waals surface area contributed by atoms with Crippen molar-refractivity contribution in [3.63, 3.8) is 0 Å². The minimum absolute atomic E-state index is 0.227. The summed E-state index contributed by atoms with van der Waals surface area (Å²) in [6.07, 6.45) is 0.961. The number of halogens is 2. The van der Waals surface area contributed by atoms with Crippen LogP contribution < -0.4 is 0 Å². The van der Waals surface area contributed by atoms with E-state index >= 15 is 0 Å². The van der Waals surface area contributed by atoms with Gasteiger partial charge in [0.05, 0.1) is 6.10 Å². The smallest absolute Gasteiger partial charge is 0.261 e. The first-order valence-corrected chi connectivity index (χ1v) is 6.53. The minimum Gasteiger partial charge on any atom is -0.393 e. The van der Waals surface area contributed by atoms with Crippen molar-refractivity contribution in [3.8, 4) is 0 Å². The minimum atomic E-state index is -2.41. The van der Waals surface area contributed by atoms with Crippen LogP contribution in [0.1, 0.15) is 39.5 Å². The van der Waals surface area contributed by atoms with Gasteiger partial charge in [-0.05, 0) is 43.4 Å². The van der Waals surface area contributed by atoms with E-state index in [-0.39, 0.29) is 6.61 Å². The van der Waals surface area contributed by atoms with E-state index in [2.05, 4.69) is 13.8 Å². The van der Waals surface area contributed by atoms with Crippen LogP contribution in [0.5, 0.6) is 0 Å². The molecule has 3 atom stereocenters. The number of aliphatic hydroxyl groups is 1. The topological polar surface area (TPSA) is 29.5 Å². The van der Waals surface area contributed by atoms with Crippen molar-refractivity contribution in [2.24, 2.45) is 17.8 Å². The molecule has 0 bridgehead atoms. The maximum Gasteiger partial charge on any atom is 0.261 e. The van der Waals surface area contributed by atoms with Gasteiger partial charge in [-0.2, -0.15) is 0 Å². The van der Waals surface area contributed by atoms with Gasteiger partial charge in [-0.25, -0.2) is 8.78 Å². The maximum atomic E-state index is 11.8. The van der Waals surface area contributed by atoms with Crippen LogP contribution in [-0.4, -0.2) is 30.8 Å². The lowest BCUT2D eigenvalue weighted by Gasteiger charge is -2.34. The molecule has 102 valence electrons. The van der Waals surface area contributed by atoms with E-state index < -0.39 is 19.1 Å². The van der Waals surface area contributed by atoms with Crippen LogP contribution in [0.25, 0.3) is 0 Å². The molecule has 0 aromatic carbocycles. The van der Waals surface area contributed by atoms with E-state index in [4.69, 9.17) is 4.74 Å². The van der Waals surface area contributed by atoms with E-state index in [1.54, 1.807) is 0 Å². The lowest BCUT2D eigenvalue weighted by molar-refractivity contribution is -0.0113. The predicted molar refractivity (Wildman–Crippen MR) is 63.1 cm³/mol. The molecule has 17 heavy (non-hydrogen) atoms. The summed E-state index contributed by atoms with van der Waals surface area (Å²) in [7, 11) is 0. The Bertz CT molecular complexity index is 202. The van der Waals surface area contributed by atoms with Crippen LogP contribution in [0.4, 0.5) is 8.78 Å². The summed E-state index contributed by atoms with van der Waals surface area (Å²) in [5.41, 5.74) is 0. The Morgan fingerprint density at radius 2 is 1.76 bits per heavy atom. The Morgan fingerprint density at radius 3 is 2.29 bits per heavy atom. The molecule has 0 aromatic heterocycles. The van der Waals surface area contributed by atoms with Crippen LogP contribution in [0, 0.1) is 17.8 Å². The van der Waals surface area contributed by atoms with Gasteiger partial charge in [0, 0.05) is 6.61 Å².